The first kappa shape index (κ1) is 17.3. The summed E-state index contributed by atoms with van der Waals surface area (Å²) in [6.07, 6.45) is -0.145. The van der Waals surface area contributed by atoms with Crippen LogP contribution in [0.25, 0.3) is 11.4 Å². The molecule has 0 spiro atoms. The fourth-order valence-corrected chi connectivity index (χ4v) is 2.87. The van der Waals surface area contributed by atoms with E-state index in [2.05, 4.69) is 20.7 Å². The van der Waals surface area contributed by atoms with E-state index in [-0.39, 0.29) is 24.0 Å². The zero-order valence-electron chi connectivity index (χ0n) is 14.4. The minimum absolute atomic E-state index is 0.0751. The van der Waals surface area contributed by atoms with Crippen molar-refractivity contribution in [3.8, 4) is 11.4 Å². The van der Waals surface area contributed by atoms with Crippen molar-refractivity contribution >= 4 is 29.1 Å². The highest BCUT2D eigenvalue weighted by Crippen LogP contribution is 2.28. The van der Waals surface area contributed by atoms with Crippen LogP contribution in [0.15, 0.2) is 54.6 Å². The van der Waals surface area contributed by atoms with Crippen LogP contribution in [0.2, 0.25) is 0 Å². The van der Waals surface area contributed by atoms with Crippen molar-refractivity contribution in [1.82, 2.24) is 14.8 Å². The monoisotopic (exact) mass is 378 g/mol. The lowest BCUT2D eigenvalue weighted by atomic mass is 10.2. The molecule has 10 nitrogen and oxygen atoms in total. The molecule has 140 valence electrons. The summed E-state index contributed by atoms with van der Waals surface area (Å²) in [5.74, 6) is -0.0413. The van der Waals surface area contributed by atoms with Crippen LogP contribution in [-0.2, 0) is 9.59 Å². The highest BCUT2D eigenvalue weighted by Gasteiger charge is 2.35. The van der Waals surface area contributed by atoms with Crippen molar-refractivity contribution in [3.05, 3.63) is 64.7 Å². The number of nitro groups is 1. The van der Waals surface area contributed by atoms with E-state index in [1.54, 1.807) is 0 Å². The second-order valence-corrected chi connectivity index (χ2v) is 6.13. The van der Waals surface area contributed by atoms with Crippen LogP contribution in [0.1, 0.15) is 12.5 Å². The van der Waals surface area contributed by atoms with Crippen molar-refractivity contribution in [2.24, 2.45) is 0 Å². The molecule has 0 fully saturated rings. The number of aromatic nitrogens is 3. The molecule has 0 aliphatic carbocycles. The Morgan fingerprint density at radius 1 is 1.18 bits per heavy atom. The van der Waals surface area contributed by atoms with Crippen LogP contribution >= 0.6 is 0 Å². The van der Waals surface area contributed by atoms with E-state index in [0.29, 0.717) is 11.5 Å². The summed E-state index contributed by atoms with van der Waals surface area (Å²) in [6.45, 7) is 0. The van der Waals surface area contributed by atoms with Gasteiger partial charge in [-0.1, -0.05) is 30.3 Å². The van der Waals surface area contributed by atoms with Crippen molar-refractivity contribution < 1.29 is 14.5 Å². The maximum Gasteiger partial charge on any atom is 0.269 e. The summed E-state index contributed by atoms with van der Waals surface area (Å²) in [5.41, 5.74) is 1.12. The lowest BCUT2D eigenvalue weighted by molar-refractivity contribution is -0.384. The minimum Gasteiger partial charge on any atom is -0.326 e. The largest absolute Gasteiger partial charge is 0.326 e. The number of nitro benzene ring substituents is 1. The van der Waals surface area contributed by atoms with E-state index >= 15 is 0 Å². The SMILES string of the molecule is O=C(C[C@H]1C(=O)Nc2nc(-c3ccccc3)nn21)Nc1ccc([N+](=O)[O-])cc1. The quantitative estimate of drug-likeness (QED) is 0.517. The Labute approximate surface area is 158 Å². The summed E-state index contributed by atoms with van der Waals surface area (Å²) in [7, 11) is 0. The molecule has 0 saturated carbocycles. The summed E-state index contributed by atoms with van der Waals surface area (Å²) < 4.78 is 1.40. The number of amides is 2. The highest BCUT2D eigenvalue weighted by molar-refractivity contribution is 6.01. The second-order valence-electron chi connectivity index (χ2n) is 6.13. The summed E-state index contributed by atoms with van der Waals surface area (Å²) in [4.78, 5) is 39.0. The lowest BCUT2D eigenvalue weighted by Gasteiger charge is -2.09. The van der Waals surface area contributed by atoms with Gasteiger partial charge in [0.25, 0.3) is 11.6 Å². The van der Waals surface area contributed by atoms with Gasteiger partial charge >= 0.3 is 0 Å². The predicted octanol–water partition coefficient (Wildman–Crippen LogP) is 2.38. The van der Waals surface area contributed by atoms with E-state index in [1.807, 2.05) is 30.3 Å². The fourth-order valence-electron chi connectivity index (χ4n) is 2.87. The van der Waals surface area contributed by atoms with Gasteiger partial charge in [0.05, 0.1) is 11.3 Å². The Bertz CT molecular complexity index is 1060. The molecular weight excluding hydrogens is 364 g/mol. The molecule has 28 heavy (non-hydrogen) atoms. The molecule has 1 atom stereocenters. The molecule has 0 bridgehead atoms. The fraction of sp³-hybridized carbons (Fsp3) is 0.111. The maximum absolute atomic E-state index is 12.3. The number of nitrogens with zero attached hydrogens (tertiary/aromatic N) is 4. The molecule has 2 heterocycles. The number of hydrogen-bond donors (Lipinski definition) is 2. The number of benzene rings is 2. The predicted molar refractivity (Wildman–Crippen MR) is 99.5 cm³/mol. The standard InChI is InChI=1S/C18H14N6O4/c25-15(19-12-6-8-13(9-7-12)24(27)28)10-14-17(26)21-18-20-16(22-23(14)18)11-4-2-1-3-5-11/h1-9,14H,10H2,(H,19,25)(H,20,21,22,26)/t14-/m0/s1. The molecule has 4 rings (SSSR count). The van der Waals surface area contributed by atoms with Gasteiger partial charge in [0.2, 0.25) is 11.9 Å². The molecule has 0 radical (unpaired) electrons. The zero-order valence-corrected chi connectivity index (χ0v) is 14.4. The van der Waals surface area contributed by atoms with E-state index < -0.39 is 16.9 Å². The molecular formula is C18H14N6O4. The van der Waals surface area contributed by atoms with Gasteiger partial charge in [-0.3, -0.25) is 25.0 Å². The molecule has 0 unspecified atom stereocenters. The van der Waals surface area contributed by atoms with Crippen molar-refractivity contribution in [2.45, 2.75) is 12.5 Å². The zero-order chi connectivity index (χ0) is 19.7. The number of nitrogens with one attached hydrogen (secondary N) is 2. The van der Waals surface area contributed by atoms with Crippen molar-refractivity contribution in [3.63, 3.8) is 0 Å². The molecule has 1 aliphatic heterocycles. The molecule has 1 aliphatic rings. The van der Waals surface area contributed by atoms with Gasteiger partial charge in [0, 0.05) is 23.4 Å². The number of rotatable bonds is 5. The molecule has 2 amide bonds. The molecule has 2 aromatic carbocycles. The first-order valence-electron chi connectivity index (χ1n) is 8.38. The topological polar surface area (TPSA) is 132 Å². The number of non-ortho nitro benzene ring substituents is 1. The summed E-state index contributed by atoms with van der Waals surface area (Å²) in [5, 5.41) is 20.3. The number of hydrogen-bond acceptors (Lipinski definition) is 6. The Morgan fingerprint density at radius 3 is 2.57 bits per heavy atom. The number of anilines is 2. The third-order valence-corrected chi connectivity index (χ3v) is 4.24. The first-order valence-corrected chi connectivity index (χ1v) is 8.38. The number of carbonyl (C=O) groups excluding carboxylic acids is 2. The third kappa shape index (κ3) is 3.30. The molecule has 10 heteroatoms. The molecule has 2 N–H and O–H groups in total. The lowest BCUT2D eigenvalue weighted by Crippen LogP contribution is -2.23. The van der Waals surface area contributed by atoms with Gasteiger partial charge in [-0.2, -0.15) is 4.98 Å². The summed E-state index contributed by atoms with van der Waals surface area (Å²) in [6, 6.07) is 13.9. The van der Waals surface area contributed by atoms with E-state index in [0.717, 1.165) is 5.56 Å². The average Bonchev–Trinajstić information content (AvgIpc) is 3.22. The third-order valence-electron chi connectivity index (χ3n) is 4.24. The Morgan fingerprint density at radius 2 is 1.89 bits per heavy atom. The van der Waals surface area contributed by atoms with Crippen LogP contribution in [0.4, 0.5) is 17.3 Å². The Hall–Kier alpha value is -4.08. The van der Waals surface area contributed by atoms with Gasteiger partial charge in [-0.25, -0.2) is 4.68 Å². The van der Waals surface area contributed by atoms with E-state index in [9.17, 15) is 19.7 Å². The second kappa shape index (κ2) is 6.91. The van der Waals surface area contributed by atoms with Crippen LogP contribution in [-0.4, -0.2) is 31.5 Å². The molecule has 1 aromatic heterocycles. The molecule has 3 aromatic rings. The van der Waals surface area contributed by atoms with Crippen LogP contribution in [0.3, 0.4) is 0 Å². The highest BCUT2D eigenvalue weighted by atomic mass is 16.6. The smallest absolute Gasteiger partial charge is 0.269 e. The Balaban J connectivity index is 1.48. The van der Waals surface area contributed by atoms with Gasteiger partial charge in [0.1, 0.15) is 6.04 Å². The minimum atomic E-state index is -0.821. The van der Waals surface area contributed by atoms with Crippen molar-refractivity contribution in [1.29, 1.82) is 0 Å². The molecule has 0 saturated heterocycles. The van der Waals surface area contributed by atoms with E-state index in [4.69, 9.17) is 0 Å². The van der Waals surface area contributed by atoms with Gasteiger partial charge in [-0.05, 0) is 12.1 Å². The van der Waals surface area contributed by atoms with E-state index in [1.165, 1.54) is 28.9 Å². The number of fused-ring (bicyclic) bond motifs is 1. The van der Waals surface area contributed by atoms with Gasteiger partial charge in [-0.15, -0.1) is 5.10 Å². The van der Waals surface area contributed by atoms with Gasteiger partial charge in [0.15, 0.2) is 5.82 Å². The first-order chi connectivity index (χ1) is 13.5. The van der Waals surface area contributed by atoms with Crippen LogP contribution in [0.5, 0.6) is 0 Å². The van der Waals surface area contributed by atoms with Gasteiger partial charge < -0.3 is 5.32 Å². The maximum atomic E-state index is 12.3. The normalized spacial score (nSPS) is 15.0. The average molecular weight is 378 g/mol. The van der Waals surface area contributed by atoms with Crippen LogP contribution in [0, 0.1) is 10.1 Å². The Kier molecular flexibility index (Phi) is 4.28. The number of carbonyl (C=O) groups is 2. The van der Waals surface area contributed by atoms with Crippen molar-refractivity contribution in [2.75, 3.05) is 10.6 Å². The van der Waals surface area contributed by atoms with Crippen LogP contribution < -0.4 is 10.6 Å². The summed E-state index contributed by atoms with van der Waals surface area (Å²) >= 11 is 0.